The lowest BCUT2D eigenvalue weighted by Crippen LogP contribution is -2.63. The van der Waals surface area contributed by atoms with Gasteiger partial charge in [-0.1, -0.05) is 55.2 Å². The number of amides is 3. The smallest absolute Gasteiger partial charge is 0.250 e. The molecule has 3 amide bonds. The predicted octanol–water partition coefficient (Wildman–Crippen LogP) is 4.19. The second kappa shape index (κ2) is 9.77. The number of anilines is 2. The number of hydrogen-bond acceptors (Lipinski definition) is 3. The van der Waals surface area contributed by atoms with Crippen molar-refractivity contribution in [3.8, 4) is 0 Å². The zero-order chi connectivity index (χ0) is 22.4. The Morgan fingerprint density at radius 2 is 1.55 bits per heavy atom. The number of nitrogens with one attached hydrogen (secondary N) is 2. The zero-order valence-electron chi connectivity index (χ0n) is 18.5. The van der Waals surface area contributed by atoms with Gasteiger partial charge in [0.25, 0.3) is 5.91 Å². The molecule has 1 aliphatic rings. The van der Waals surface area contributed by atoms with Gasteiger partial charge in [0.2, 0.25) is 11.8 Å². The Morgan fingerprint density at radius 1 is 0.935 bits per heavy atom. The van der Waals surface area contributed by atoms with Crippen molar-refractivity contribution in [2.75, 3.05) is 10.2 Å². The van der Waals surface area contributed by atoms with Crippen LogP contribution in [0.5, 0.6) is 0 Å². The first-order valence-corrected chi connectivity index (χ1v) is 10.9. The number of para-hydroxylation sites is 1. The van der Waals surface area contributed by atoms with E-state index in [0.29, 0.717) is 24.2 Å². The number of carbonyl (C=O) groups excluding carboxylic acids is 3. The number of benzene rings is 2. The maximum Gasteiger partial charge on any atom is 0.250 e. The molecule has 6 nitrogen and oxygen atoms in total. The minimum atomic E-state index is -1.02. The van der Waals surface area contributed by atoms with Crippen LogP contribution in [0.25, 0.3) is 0 Å². The van der Waals surface area contributed by atoms with E-state index >= 15 is 0 Å². The van der Waals surface area contributed by atoms with Crippen molar-refractivity contribution in [1.29, 1.82) is 0 Å². The minimum Gasteiger partial charge on any atom is -0.345 e. The summed E-state index contributed by atoms with van der Waals surface area (Å²) in [7, 11) is 0. The van der Waals surface area contributed by atoms with Gasteiger partial charge in [0.15, 0.2) is 0 Å². The van der Waals surface area contributed by atoms with Gasteiger partial charge in [-0.25, -0.2) is 0 Å². The molecular formula is C25H31N3O3. The summed E-state index contributed by atoms with van der Waals surface area (Å²) in [6, 6.07) is 16.2. The van der Waals surface area contributed by atoms with Crippen LogP contribution in [0, 0.1) is 6.92 Å². The van der Waals surface area contributed by atoms with Crippen LogP contribution < -0.4 is 15.5 Å². The number of nitrogens with zero attached hydrogens (tertiary/aromatic N) is 1. The molecule has 2 aromatic carbocycles. The van der Waals surface area contributed by atoms with Crippen LogP contribution in [0.2, 0.25) is 0 Å². The van der Waals surface area contributed by atoms with Gasteiger partial charge in [-0.2, -0.15) is 0 Å². The van der Waals surface area contributed by atoms with E-state index in [0.717, 1.165) is 24.8 Å². The van der Waals surface area contributed by atoms with Gasteiger partial charge in [-0.15, -0.1) is 0 Å². The molecule has 1 unspecified atom stereocenters. The van der Waals surface area contributed by atoms with E-state index < -0.39 is 11.6 Å². The van der Waals surface area contributed by atoms with E-state index in [1.165, 1.54) is 6.92 Å². The molecule has 6 heteroatoms. The lowest BCUT2D eigenvalue weighted by Gasteiger charge is -2.46. The molecule has 1 saturated carbocycles. The summed E-state index contributed by atoms with van der Waals surface area (Å²) in [4.78, 5) is 40.6. The fourth-order valence-electron chi connectivity index (χ4n) is 4.30. The van der Waals surface area contributed by atoms with Gasteiger partial charge in [0.05, 0.1) is 0 Å². The maximum atomic E-state index is 13.7. The summed E-state index contributed by atoms with van der Waals surface area (Å²) in [6.07, 6.45) is 3.87. The highest BCUT2D eigenvalue weighted by Gasteiger charge is 2.48. The van der Waals surface area contributed by atoms with Crippen LogP contribution in [0.1, 0.15) is 51.5 Å². The molecule has 0 aliphatic heterocycles. The van der Waals surface area contributed by atoms with E-state index in [4.69, 9.17) is 0 Å². The monoisotopic (exact) mass is 421 g/mol. The Bertz CT molecular complexity index is 919. The van der Waals surface area contributed by atoms with E-state index in [-0.39, 0.29) is 17.7 Å². The Labute approximate surface area is 184 Å². The Kier molecular flexibility index (Phi) is 7.10. The SMILES string of the molecule is CC(=O)NC(C)C(=O)N(c1ccc(C)cc1)C1(C(=O)Nc2ccccc2)CCCCC1. The number of carbonyl (C=O) groups is 3. The molecule has 1 fully saturated rings. The maximum absolute atomic E-state index is 13.7. The van der Waals surface area contributed by atoms with E-state index in [1.807, 2.05) is 61.5 Å². The molecule has 1 atom stereocenters. The van der Waals surface area contributed by atoms with Gasteiger partial charge >= 0.3 is 0 Å². The van der Waals surface area contributed by atoms with Gasteiger partial charge < -0.3 is 10.6 Å². The molecule has 0 spiro atoms. The summed E-state index contributed by atoms with van der Waals surface area (Å²) in [5, 5.41) is 5.72. The zero-order valence-corrected chi connectivity index (χ0v) is 18.5. The van der Waals surface area contributed by atoms with Crippen LogP contribution in [-0.4, -0.2) is 29.3 Å². The van der Waals surface area contributed by atoms with E-state index in [1.54, 1.807) is 11.8 Å². The molecule has 0 aromatic heterocycles. The second-order valence-electron chi connectivity index (χ2n) is 8.34. The number of hydrogen-bond donors (Lipinski definition) is 2. The first-order chi connectivity index (χ1) is 14.8. The normalized spacial score (nSPS) is 16.1. The van der Waals surface area contributed by atoms with Crippen LogP contribution in [0.4, 0.5) is 11.4 Å². The molecular weight excluding hydrogens is 390 g/mol. The Morgan fingerprint density at radius 3 is 2.13 bits per heavy atom. The van der Waals surface area contributed by atoms with Crippen molar-refractivity contribution in [3.63, 3.8) is 0 Å². The molecule has 1 aliphatic carbocycles. The van der Waals surface area contributed by atoms with Crippen LogP contribution in [0.3, 0.4) is 0 Å². The summed E-state index contributed by atoms with van der Waals surface area (Å²) >= 11 is 0. The highest BCUT2D eigenvalue weighted by atomic mass is 16.2. The van der Waals surface area contributed by atoms with Gasteiger partial charge in [-0.05, 0) is 51.0 Å². The van der Waals surface area contributed by atoms with Crippen molar-refractivity contribution in [2.24, 2.45) is 0 Å². The van der Waals surface area contributed by atoms with Gasteiger partial charge in [-0.3, -0.25) is 19.3 Å². The summed E-state index contributed by atoms with van der Waals surface area (Å²) in [5.41, 5.74) is 1.41. The lowest BCUT2D eigenvalue weighted by molar-refractivity contribution is -0.130. The molecule has 0 heterocycles. The number of aryl methyl sites for hydroxylation is 1. The third-order valence-corrected chi connectivity index (χ3v) is 5.87. The van der Waals surface area contributed by atoms with Crippen molar-refractivity contribution in [2.45, 2.75) is 64.5 Å². The summed E-state index contributed by atoms with van der Waals surface area (Å²) in [6.45, 7) is 5.03. The fourth-order valence-corrected chi connectivity index (χ4v) is 4.30. The first kappa shape index (κ1) is 22.5. The molecule has 0 radical (unpaired) electrons. The third-order valence-electron chi connectivity index (χ3n) is 5.87. The highest BCUT2D eigenvalue weighted by Crippen LogP contribution is 2.38. The van der Waals surface area contributed by atoms with Crippen LogP contribution in [-0.2, 0) is 14.4 Å². The quantitative estimate of drug-likeness (QED) is 0.734. The van der Waals surface area contributed by atoms with Gasteiger partial charge in [0.1, 0.15) is 11.6 Å². The molecule has 0 saturated heterocycles. The largest absolute Gasteiger partial charge is 0.345 e. The minimum absolute atomic E-state index is 0.192. The Balaban J connectivity index is 2.06. The number of rotatable bonds is 6. The average molecular weight is 422 g/mol. The van der Waals surface area contributed by atoms with Crippen LogP contribution in [0.15, 0.2) is 54.6 Å². The standard InChI is InChI=1S/C25H31N3O3/c1-18-12-14-22(15-13-18)28(23(30)19(2)26-20(3)29)25(16-8-5-9-17-25)24(31)27-21-10-6-4-7-11-21/h4,6-7,10-15,19H,5,8-9,16-17H2,1-3H3,(H,26,29)(H,27,31). The second-order valence-corrected chi connectivity index (χ2v) is 8.34. The molecule has 0 bridgehead atoms. The molecule has 2 N–H and O–H groups in total. The summed E-state index contributed by atoms with van der Waals surface area (Å²) in [5.74, 6) is -0.761. The van der Waals surface area contributed by atoms with Crippen molar-refractivity contribution in [1.82, 2.24) is 5.32 Å². The van der Waals surface area contributed by atoms with Crippen molar-refractivity contribution < 1.29 is 14.4 Å². The highest BCUT2D eigenvalue weighted by molar-refractivity contribution is 6.10. The first-order valence-electron chi connectivity index (χ1n) is 10.9. The van der Waals surface area contributed by atoms with E-state index in [9.17, 15) is 14.4 Å². The van der Waals surface area contributed by atoms with Crippen molar-refractivity contribution in [3.05, 3.63) is 60.2 Å². The predicted molar refractivity (Wildman–Crippen MR) is 123 cm³/mol. The Hall–Kier alpha value is -3.15. The molecule has 164 valence electrons. The fraction of sp³-hybridized carbons (Fsp3) is 0.400. The summed E-state index contributed by atoms with van der Waals surface area (Å²) < 4.78 is 0. The third kappa shape index (κ3) is 5.13. The lowest BCUT2D eigenvalue weighted by atomic mass is 9.78. The van der Waals surface area contributed by atoms with E-state index in [2.05, 4.69) is 10.6 Å². The molecule has 3 rings (SSSR count). The average Bonchev–Trinajstić information content (AvgIpc) is 2.76. The van der Waals surface area contributed by atoms with Crippen LogP contribution >= 0.6 is 0 Å². The van der Waals surface area contributed by atoms with Gasteiger partial charge in [0, 0.05) is 18.3 Å². The van der Waals surface area contributed by atoms with Crippen molar-refractivity contribution >= 4 is 29.1 Å². The topological polar surface area (TPSA) is 78.5 Å². The molecule has 31 heavy (non-hydrogen) atoms. The molecule has 2 aromatic rings.